The Kier molecular flexibility index (Phi) is 5.83. The van der Waals surface area contributed by atoms with E-state index in [0.29, 0.717) is 5.75 Å². The van der Waals surface area contributed by atoms with E-state index in [4.69, 9.17) is 4.74 Å². The number of carbonyl (C=O) groups excluding carboxylic acids is 1. The van der Waals surface area contributed by atoms with Crippen LogP contribution in [-0.4, -0.2) is 30.4 Å². The van der Waals surface area contributed by atoms with Crippen LogP contribution in [0.25, 0.3) is 0 Å². The van der Waals surface area contributed by atoms with Crippen molar-refractivity contribution in [3.63, 3.8) is 0 Å². The van der Waals surface area contributed by atoms with Gasteiger partial charge in [-0.1, -0.05) is 30.3 Å². The van der Waals surface area contributed by atoms with E-state index in [1.165, 1.54) is 0 Å². The van der Waals surface area contributed by atoms with Crippen molar-refractivity contribution in [1.29, 1.82) is 0 Å². The van der Waals surface area contributed by atoms with Gasteiger partial charge in [-0.15, -0.1) is 0 Å². The lowest BCUT2D eigenvalue weighted by atomic mass is 10.2. The Labute approximate surface area is 131 Å². The molecular weight excluding hydrogens is 276 g/mol. The first-order valence-corrected chi connectivity index (χ1v) is 7.58. The summed E-state index contributed by atoms with van der Waals surface area (Å²) in [5, 5.41) is 3.17. The highest BCUT2D eigenvalue weighted by atomic mass is 16.5. The molecule has 0 aliphatic carbocycles. The molecule has 116 valence electrons. The molecule has 2 aromatic rings. The minimum Gasteiger partial charge on any atom is -0.455 e. The number of rotatable bonds is 7. The molecule has 4 nitrogen and oxygen atoms in total. The molecule has 0 aliphatic heterocycles. The van der Waals surface area contributed by atoms with Gasteiger partial charge in [0.25, 0.3) is 0 Å². The van der Waals surface area contributed by atoms with Crippen molar-refractivity contribution < 1.29 is 9.53 Å². The van der Waals surface area contributed by atoms with Gasteiger partial charge >= 0.3 is 0 Å². The number of nitrogens with one attached hydrogen (secondary N) is 1. The maximum absolute atomic E-state index is 12.1. The number of anilines is 1. The fourth-order valence-corrected chi connectivity index (χ4v) is 2.18. The Bertz CT molecular complexity index is 595. The highest BCUT2D eigenvalue weighted by Crippen LogP contribution is 2.28. The monoisotopic (exact) mass is 298 g/mol. The van der Waals surface area contributed by atoms with E-state index < -0.39 is 0 Å². The molecule has 1 amide bonds. The molecule has 22 heavy (non-hydrogen) atoms. The summed E-state index contributed by atoms with van der Waals surface area (Å²) in [6.07, 6.45) is 0. The predicted octanol–water partition coefficient (Wildman–Crippen LogP) is 3.76. The molecule has 0 saturated heterocycles. The first-order valence-electron chi connectivity index (χ1n) is 7.58. The van der Waals surface area contributed by atoms with E-state index in [1.54, 1.807) is 4.90 Å². The second kappa shape index (κ2) is 8.08. The maximum Gasteiger partial charge on any atom is 0.241 e. The molecule has 0 radical (unpaired) electrons. The summed E-state index contributed by atoms with van der Waals surface area (Å²) < 4.78 is 5.87. The van der Waals surface area contributed by atoms with Crippen LogP contribution in [-0.2, 0) is 4.79 Å². The number of hydrogen-bond acceptors (Lipinski definition) is 3. The van der Waals surface area contributed by atoms with Gasteiger partial charge in [0.05, 0.1) is 12.2 Å². The quantitative estimate of drug-likeness (QED) is 0.846. The first kappa shape index (κ1) is 15.9. The topological polar surface area (TPSA) is 41.6 Å². The second-order valence-electron chi connectivity index (χ2n) is 4.83. The van der Waals surface area contributed by atoms with Crippen molar-refractivity contribution >= 4 is 11.6 Å². The summed E-state index contributed by atoms with van der Waals surface area (Å²) in [6, 6.07) is 17.2. The van der Waals surface area contributed by atoms with Gasteiger partial charge < -0.3 is 15.0 Å². The molecular formula is C18H22N2O2. The van der Waals surface area contributed by atoms with Crippen LogP contribution in [0, 0.1) is 0 Å². The van der Waals surface area contributed by atoms with Gasteiger partial charge in [-0.25, -0.2) is 0 Å². The number of nitrogens with zero attached hydrogens (tertiary/aromatic N) is 1. The summed E-state index contributed by atoms with van der Waals surface area (Å²) in [5.74, 6) is 1.56. The van der Waals surface area contributed by atoms with E-state index in [0.717, 1.165) is 24.5 Å². The number of amides is 1. The lowest BCUT2D eigenvalue weighted by Gasteiger charge is -2.19. The highest BCUT2D eigenvalue weighted by Gasteiger charge is 2.10. The molecule has 2 aromatic carbocycles. The molecule has 0 saturated carbocycles. The van der Waals surface area contributed by atoms with E-state index in [-0.39, 0.29) is 12.5 Å². The number of ether oxygens (including phenoxy) is 1. The molecule has 0 unspecified atom stereocenters. The lowest BCUT2D eigenvalue weighted by molar-refractivity contribution is -0.128. The fraction of sp³-hybridized carbons (Fsp3) is 0.278. The van der Waals surface area contributed by atoms with Gasteiger partial charge in [-0.2, -0.15) is 0 Å². The Morgan fingerprint density at radius 3 is 2.32 bits per heavy atom. The van der Waals surface area contributed by atoms with Crippen LogP contribution in [0.4, 0.5) is 5.69 Å². The summed E-state index contributed by atoms with van der Waals surface area (Å²) in [7, 11) is 0. The average molecular weight is 298 g/mol. The van der Waals surface area contributed by atoms with Crippen LogP contribution < -0.4 is 10.1 Å². The predicted molar refractivity (Wildman–Crippen MR) is 89.4 cm³/mol. The van der Waals surface area contributed by atoms with Crippen LogP contribution in [0.15, 0.2) is 54.6 Å². The minimum atomic E-state index is 0.0829. The molecule has 0 fully saturated rings. The van der Waals surface area contributed by atoms with E-state index >= 15 is 0 Å². The molecule has 0 aromatic heterocycles. The number of hydrogen-bond donors (Lipinski definition) is 1. The van der Waals surface area contributed by atoms with E-state index in [2.05, 4.69) is 5.32 Å². The molecule has 0 bridgehead atoms. The first-order chi connectivity index (χ1) is 10.7. The van der Waals surface area contributed by atoms with Crippen LogP contribution in [0.3, 0.4) is 0 Å². The van der Waals surface area contributed by atoms with Crippen molar-refractivity contribution in [1.82, 2.24) is 4.90 Å². The number of para-hydroxylation sites is 3. The van der Waals surface area contributed by atoms with Crippen molar-refractivity contribution in [2.24, 2.45) is 0 Å². The third kappa shape index (κ3) is 4.25. The number of carbonyl (C=O) groups is 1. The van der Waals surface area contributed by atoms with E-state index in [1.807, 2.05) is 68.4 Å². The van der Waals surface area contributed by atoms with Crippen molar-refractivity contribution in [2.45, 2.75) is 13.8 Å². The van der Waals surface area contributed by atoms with Gasteiger partial charge in [-0.05, 0) is 38.1 Å². The molecule has 0 aliphatic rings. The van der Waals surface area contributed by atoms with Gasteiger partial charge in [-0.3, -0.25) is 4.79 Å². The zero-order chi connectivity index (χ0) is 15.8. The highest BCUT2D eigenvalue weighted by molar-refractivity contribution is 5.81. The molecule has 1 N–H and O–H groups in total. The van der Waals surface area contributed by atoms with Crippen molar-refractivity contribution in [3.8, 4) is 11.5 Å². The number of likely N-dealkylation sites (N-methyl/N-ethyl adjacent to an activating group) is 1. The molecule has 0 atom stereocenters. The SMILES string of the molecule is CCN(CC)C(=O)CNc1ccccc1Oc1ccccc1. The zero-order valence-corrected chi connectivity index (χ0v) is 13.1. The van der Waals surface area contributed by atoms with Crippen LogP contribution in [0.5, 0.6) is 11.5 Å². The largest absolute Gasteiger partial charge is 0.455 e. The van der Waals surface area contributed by atoms with Gasteiger partial charge in [0, 0.05) is 13.1 Å². The summed E-state index contributed by atoms with van der Waals surface area (Å²) in [5.41, 5.74) is 0.812. The third-order valence-electron chi connectivity index (χ3n) is 3.40. The third-order valence-corrected chi connectivity index (χ3v) is 3.40. The average Bonchev–Trinajstić information content (AvgIpc) is 2.56. The molecule has 0 spiro atoms. The van der Waals surface area contributed by atoms with Crippen LogP contribution in [0.2, 0.25) is 0 Å². The van der Waals surface area contributed by atoms with Gasteiger partial charge in [0.15, 0.2) is 5.75 Å². The van der Waals surface area contributed by atoms with E-state index in [9.17, 15) is 4.79 Å². The Morgan fingerprint density at radius 2 is 1.64 bits per heavy atom. The minimum absolute atomic E-state index is 0.0829. The summed E-state index contributed by atoms with van der Waals surface area (Å²) in [4.78, 5) is 13.9. The molecule has 2 rings (SSSR count). The smallest absolute Gasteiger partial charge is 0.241 e. The van der Waals surface area contributed by atoms with Crippen LogP contribution in [0.1, 0.15) is 13.8 Å². The normalized spacial score (nSPS) is 10.1. The molecule has 4 heteroatoms. The Hall–Kier alpha value is -2.49. The Morgan fingerprint density at radius 1 is 1.00 bits per heavy atom. The number of benzene rings is 2. The lowest BCUT2D eigenvalue weighted by Crippen LogP contribution is -2.35. The van der Waals surface area contributed by atoms with Crippen molar-refractivity contribution in [3.05, 3.63) is 54.6 Å². The van der Waals surface area contributed by atoms with Gasteiger partial charge in [0.2, 0.25) is 5.91 Å². The molecule has 0 heterocycles. The summed E-state index contributed by atoms with van der Waals surface area (Å²) in [6.45, 7) is 5.66. The second-order valence-corrected chi connectivity index (χ2v) is 4.83. The van der Waals surface area contributed by atoms with Crippen molar-refractivity contribution in [2.75, 3.05) is 25.0 Å². The zero-order valence-electron chi connectivity index (χ0n) is 13.1. The fourth-order valence-electron chi connectivity index (χ4n) is 2.18. The summed E-state index contributed by atoms with van der Waals surface area (Å²) >= 11 is 0. The van der Waals surface area contributed by atoms with Gasteiger partial charge in [0.1, 0.15) is 5.75 Å². The Balaban J connectivity index is 2.04. The maximum atomic E-state index is 12.1. The standard InChI is InChI=1S/C18H22N2O2/c1-3-20(4-2)18(21)14-19-16-12-8-9-13-17(16)22-15-10-6-5-7-11-15/h5-13,19H,3-4,14H2,1-2H3. The van der Waals surface area contributed by atoms with Crippen LogP contribution >= 0.6 is 0 Å².